The summed E-state index contributed by atoms with van der Waals surface area (Å²) < 4.78 is 16.7. The van der Waals surface area contributed by atoms with Gasteiger partial charge in [-0.3, -0.25) is 0 Å². The number of methoxy groups -OCH3 is 1. The van der Waals surface area contributed by atoms with E-state index in [1.54, 1.807) is 7.11 Å². The van der Waals surface area contributed by atoms with E-state index in [1.165, 1.54) is 0 Å². The van der Waals surface area contributed by atoms with Crippen LogP contribution in [-0.4, -0.2) is 20.5 Å². The molecule has 0 N–H and O–H groups in total. The van der Waals surface area contributed by atoms with Crippen LogP contribution in [0.5, 0.6) is 11.5 Å². The molecular formula is C11H14Br2O3. The Morgan fingerprint density at radius 1 is 1.25 bits per heavy atom. The summed E-state index contributed by atoms with van der Waals surface area (Å²) >= 11 is 6.87. The molecule has 1 rings (SSSR count). The lowest BCUT2D eigenvalue weighted by Crippen LogP contribution is -2.03. The molecule has 0 aliphatic rings. The smallest absolute Gasteiger partial charge is 0.188 e. The SMILES string of the molecule is CCOc1cc(CBr)cc(Br)c1OCOC. The fourth-order valence-electron chi connectivity index (χ4n) is 1.22. The van der Waals surface area contributed by atoms with Crippen molar-refractivity contribution in [1.29, 1.82) is 0 Å². The van der Waals surface area contributed by atoms with Gasteiger partial charge in [0.25, 0.3) is 0 Å². The first-order valence-corrected chi connectivity index (χ1v) is 6.77. The summed E-state index contributed by atoms with van der Waals surface area (Å²) in [6, 6.07) is 3.94. The van der Waals surface area contributed by atoms with Crippen molar-refractivity contribution in [3.8, 4) is 11.5 Å². The molecular weight excluding hydrogens is 340 g/mol. The Bertz CT molecular complexity index is 342. The molecule has 0 atom stereocenters. The van der Waals surface area contributed by atoms with E-state index in [0.717, 1.165) is 21.1 Å². The van der Waals surface area contributed by atoms with Gasteiger partial charge in [0.1, 0.15) is 0 Å². The molecule has 0 radical (unpaired) electrons. The van der Waals surface area contributed by atoms with E-state index in [-0.39, 0.29) is 6.79 Å². The average molecular weight is 354 g/mol. The molecule has 1 aromatic rings. The van der Waals surface area contributed by atoms with Crippen LogP contribution in [0.15, 0.2) is 16.6 Å². The molecule has 3 nitrogen and oxygen atoms in total. The molecule has 0 amide bonds. The van der Waals surface area contributed by atoms with Gasteiger partial charge in [-0.05, 0) is 40.5 Å². The van der Waals surface area contributed by atoms with Crippen LogP contribution in [0.1, 0.15) is 12.5 Å². The Labute approximate surface area is 112 Å². The first-order chi connectivity index (χ1) is 7.72. The zero-order valence-electron chi connectivity index (χ0n) is 9.26. The summed E-state index contributed by atoms with van der Waals surface area (Å²) in [5.41, 5.74) is 1.13. The molecule has 0 spiro atoms. The van der Waals surface area contributed by atoms with Crippen molar-refractivity contribution < 1.29 is 14.2 Å². The Kier molecular flexibility index (Phi) is 6.16. The monoisotopic (exact) mass is 352 g/mol. The summed E-state index contributed by atoms with van der Waals surface area (Å²) in [5, 5.41) is 0.774. The number of halogens is 2. The third kappa shape index (κ3) is 3.64. The second-order valence-corrected chi connectivity index (χ2v) is 4.44. The van der Waals surface area contributed by atoms with Gasteiger partial charge in [0.15, 0.2) is 18.3 Å². The predicted octanol–water partition coefficient (Wildman–Crippen LogP) is 3.73. The highest BCUT2D eigenvalue weighted by atomic mass is 79.9. The fourth-order valence-corrected chi connectivity index (χ4v) is 2.15. The fraction of sp³-hybridized carbons (Fsp3) is 0.455. The molecule has 1 aromatic carbocycles. The van der Waals surface area contributed by atoms with Crippen LogP contribution >= 0.6 is 31.9 Å². The zero-order valence-corrected chi connectivity index (χ0v) is 12.4. The van der Waals surface area contributed by atoms with Gasteiger partial charge in [0.05, 0.1) is 11.1 Å². The molecule has 0 saturated heterocycles. The minimum Gasteiger partial charge on any atom is -0.490 e. The Morgan fingerprint density at radius 2 is 2.00 bits per heavy atom. The number of hydrogen-bond donors (Lipinski definition) is 0. The lowest BCUT2D eigenvalue weighted by Gasteiger charge is -2.14. The zero-order chi connectivity index (χ0) is 12.0. The average Bonchev–Trinajstić information content (AvgIpc) is 2.28. The van der Waals surface area contributed by atoms with Gasteiger partial charge in [0, 0.05) is 12.4 Å². The highest BCUT2D eigenvalue weighted by Crippen LogP contribution is 2.37. The van der Waals surface area contributed by atoms with Crippen LogP contribution < -0.4 is 9.47 Å². The predicted molar refractivity (Wildman–Crippen MR) is 70.4 cm³/mol. The van der Waals surface area contributed by atoms with Crippen LogP contribution in [-0.2, 0) is 10.1 Å². The third-order valence-electron chi connectivity index (χ3n) is 1.84. The van der Waals surface area contributed by atoms with Gasteiger partial charge in [-0.15, -0.1) is 0 Å². The molecule has 0 aliphatic heterocycles. The van der Waals surface area contributed by atoms with E-state index in [0.29, 0.717) is 12.4 Å². The van der Waals surface area contributed by atoms with Crippen molar-refractivity contribution in [2.45, 2.75) is 12.3 Å². The Morgan fingerprint density at radius 3 is 2.56 bits per heavy atom. The maximum atomic E-state index is 5.53. The van der Waals surface area contributed by atoms with Gasteiger partial charge in [-0.2, -0.15) is 0 Å². The molecule has 0 saturated carbocycles. The number of rotatable bonds is 6. The van der Waals surface area contributed by atoms with Crippen molar-refractivity contribution in [1.82, 2.24) is 0 Å². The van der Waals surface area contributed by atoms with E-state index in [2.05, 4.69) is 31.9 Å². The van der Waals surface area contributed by atoms with Gasteiger partial charge in [-0.25, -0.2) is 0 Å². The normalized spacial score (nSPS) is 10.2. The summed E-state index contributed by atoms with van der Waals surface area (Å²) in [4.78, 5) is 0. The van der Waals surface area contributed by atoms with Gasteiger partial charge in [0.2, 0.25) is 0 Å². The molecule has 0 aromatic heterocycles. The molecule has 5 heteroatoms. The van der Waals surface area contributed by atoms with Gasteiger partial charge < -0.3 is 14.2 Å². The van der Waals surface area contributed by atoms with E-state index in [9.17, 15) is 0 Å². The largest absolute Gasteiger partial charge is 0.490 e. The van der Waals surface area contributed by atoms with Crippen LogP contribution in [0.25, 0.3) is 0 Å². The van der Waals surface area contributed by atoms with E-state index < -0.39 is 0 Å². The minimum atomic E-state index is 0.201. The lowest BCUT2D eigenvalue weighted by atomic mass is 10.2. The second-order valence-electron chi connectivity index (χ2n) is 3.02. The van der Waals surface area contributed by atoms with E-state index in [1.807, 2.05) is 19.1 Å². The van der Waals surface area contributed by atoms with Crippen LogP contribution in [0, 0.1) is 0 Å². The van der Waals surface area contributed by atoms with Crippen molar-refractivity contribution in [3.05, 3.63) is 22.2 Å². The van der Waals surface area contributed by atoms with E-state index >= 15 is 0 Å². The maximum Gasteiger partial charge on any atom is 0.188 e. The molecule has 0 unspecified atom stereocenters. The third-order valence-corrected chi connectivity index (χ3v) is 3.08. The van der Waals surface area contributed by atoms with Crippen LogP contribution in [0.2, 0.25) is 0 Å². The quantitative estimate of drug-likeness (QED) is 0.576. The number of hydrogen-bond acceptors (Lipinski definition) is 3. The number of ether oxygens (including phenoxy) is 3. The summed E-state index contributed by atoms with van der Waals surface area (Å²) in [6.45, 7) is 2.74. The molecule has 0 bridgehead atoms. The molecule has 90 valence electrons. The number of benzene rings is 1. The molecule has 0 heterocycles. The topological polar surface area (TPSA) is 27.7 Å². The van der Waals surface area contributed by atoms with Crippen LogP contribution in [0.3, 0.4) is 0 Å². The lowest BCUT2D eigenvalue weighted by molar-refractivity contribution is 0.0481. The minimum absolute atomic E-state index is 0.201. The van der Waals surface area contributed by atoms with Gasteiger partial charge >= 0.3 is 0 Å². The van der Waals surface area contributed by atoms with Crippen molar-refractivity contribution in [2.75, 3.05) is 20.5 Å². The molecule has 0 aliphatic carbocycles. The van der Waals surface area contributed by atoms with Crippen molar-refractivity contribution in [3.63, 3.8) is 0 Å². The standard InChI is InChI=1S/C11H14Br2O3/c1-3-15-10-5-8(6-12)4-9(13)11(10)16-7-14-2/h4-5H,3,6-7H2,1-2H3. The highest BCUT2D eigenvalue weighted by molar-refractivity contribution is 9.10. The second kappa shape index (κ2) is 7.14. The Balaban J connectivity index is 3.01. The molecule has 16 heavy (non-hydrogen) atoms. The maximum absolute atomic E-state index is 5.53. The molecule has 0 fully saturated rings. The van der Waals surface area contributed by atoms with Gasteiger partial charge in [-0.1, -0.05) is 15.9 Å². The van der Waals surface area contributed by atoms with Crippen LogP contribution in [0.4, 0.5) is 0 Å². The summed E-state index contributed by atoms with van der Waals surface area (Å²) in [6.07, 6.45) is 0. The first-order valence-electron chi connectivity index (χ1n) is 4.85. The number of alkyl halides is 1. The summed E-state index contributed by atoms with van der Waals surface area (Å²) in [5.74, 6) is 1.40. The highest BCUT2D eigenvalue weighted by Gasteiger charge is 2.11. The van der Waals surface area contributed by atoms with Crippen molar-refractivity contribution >= 4 is 31.9 Å². The van der Waals surface area contributed by atoms with E-state index in [4.69, 9.17) is 14.2 Å². The first kappa shape index (κ1) is 13.8. The summed E-state index contributed by atoms with van der Waals surface area (Å²) in [7, 11) is 1.58. The van der Waals surface area contributed by atoms with Crippen molar-refractivity contribution in [2.24, 2.45) is 0 Å². The Hall–Kier alpha value is -0.260.